The van der Waals surface area contributed by atoms with Crippen LogP contribution in [0, 0.1) is 17.5 Å². The zero-order valence-corrected chi connectivity index (χ0v) is 10.1. The van der Waals surface area contributed by atoms with Crippen molar-refractivity contribution in [2.45, 2.75) is 12.3 Å². The molecule has 2 nitrogen and oxygen atoms in total. The summed E-state index contributed by atoms with van der Waals surface area (Å²) in [5, 5.41) is -0.351. The second-order valence-corrected chi connectivity index (χ2v) is 4.46. The maximum Gasteiger partial charge on any atom is 0.259 e. The number of alkyl halides is 1. The summed E-state index contributed by atoms with van der Waals surface area (Å²) >= 11 is 5.67. The Bertz CT molecular complexity index is 414. The second-order valence-electron chi connectivity index (χ2n) is 3.71. The van der Waals surface area contributed by atoms with Gasteiger partial charge in [0, 0.05) is 31.1 Å². The molecule has 0 aromatic heterocycles. The van der Waals surface area contributed by atoms with Crippen LogP contribution >= 0.6 is 11.6 Å². The molecule has 0 fully saturated rings. The highest BCUT2D eigenvalue weighted by molar-refractivity contribution is 6.20. The number of nitrogens with zero attached hydrogens (tertiary/aromatic N) is 1. The Hall–Kier alpha value is -1.23. The third kappa shape index (κ3) is 3.36. The van der Waals surface area contributed by atoms with Gasteiger partial charge in [-0.05, 0) is 6.92 Å². The Morgan fingerprint density at radius 3 is 2.24 bits per heavy atom. The van der Waals surface area contributed by atoms with Crippen LogP contribution in [0.25, 0.3) is 0 Å². The molecule has 0 saturated heterocycles. The molecule has 0 aliphatic heterocycles. The lowest BCUT2D eigenvalue weighted by atomic mass is 10.1. The first-order valence-corrected chi connectivity index (χ1v) is 5.30. The van der Waals surface area contributed by atoms with Crippen LogP contribution in [0.2, 0.25) is 0 Å². The molecule has 6 heteroatoms. The third-order valence-electron chi connectivity index (χ3n) is 2.09. The summed E-state index contributed by atoms with van der Waals surface area (Å²) in [5.74, 6) is -4.37. The average molecular weight is 266 g/mol. The number of amides is 1. The fourth-order valence-corrected chi connectivity index (χ4v) is 1.60. The highest BCUT2D eigenvalue weighted by atomic mass is 35.5. The number of carbonyl (C=O) groups excluding carboxylic acids is 1. The molecule has 0 N–H and O–H groups in total. The molecule has 0 aliphatic rings. The van der Waals surface area contributed by atoms with Gasteiger partial charge in [-0.3, -0.25) is 4.79 Å². The number of carbonyl (C=O) groups is 1. The van der Waals surface area contributed by atoms with Crippen molar-refractivity contribution < 1.29 is 18.0 Å². The molecule has 0 aliphatic carbocycles. The first-order valence-electron chi connectivity index (χ1n) is 4.87. The molecule has 1 amide bonds. The lowest BCUT2D eigenvalue weighted by Gasteiger charge is -2.19. The second kappa shape index (κ2) is 5.40. The maximum atomic E-state index is 13.3. The maximum absolute atomic E-state index is 13.3. The summed E-state index contributed by atoms with van der Waals surface area (Å²) in [6.07, 6.45) is 0. The van der Waals surface area contributed by atoms with Crippen LogP contribution in [-0.4, -0.2) is 29.8 Å². The minimum Gasteiger partial charge on any atom is -0.340 e. The van der Waals surface area contributed by atoms with E-state index in [1.54, 1.807) is 6.92 Å². The van der Waals surface area contributed by atoms with E-state index in [1.165, 1.54) is 7.05 Å². The summed E-state index contributed by atoms with van der Waals surface area (Å²) in [6.45, 7) is 1.78. The first-order chi connectivity index (χ1) is 7.82. The van der Waals surface area contributed by atoms with Crippen molar-refractivity contribution in [2.75, 3.05) is 13.6 Å². The van der Waals surface area contributed by atoms with Gasteiger partial charge in [0.15, 0.2) is 0 Å². The fraction of sp³-hybridized carbons (Fsp3) is 0.364. The van der Waals surface area contributed by atoms with E-state index in [1.807, 2.05) is 0 Å². The summed E-state index contributed by atoms with van der Waals surface area (Å²) in [4.78, 5) is 12.8. The van der Waals surface area contributed by atoms with E-state index in [-0.39, 0.29) is 11.9 Å². The van der Waals surface area contributed by atoms with Crippen LogP contribution < -0.4 is 0 Å². The molecule has 0 radical (unpaired) electrons. The van der Waals surface area contributed by atoms with Gasteiger partial charge in [0.25, 0.3) is 5.91 Å². The van der Waals surface area contributed by atoms with Gasteiger partial charge in [-0.1, -0.05) is 0 Å². The van der Waals surface area contributed by atoms with Gasteiger partial charge < -0.3 is 4.90 Å². The van der Waals surface area contributed by atoms with E-state index in [2.05, 4.69) is 0 Å². The molecule has 94 valence electrons. The van der Waals surface area contributed by atoms with Crippen molar-refractivity contribution in [3.05, 3.63) is 35.1 Å². The molecular formula is C11H11ClF3NO. The van der Waals surface area contributed by atoms with Gasteiger partial charge in [-0.2, -0.15) is 0 Å². The van der Waals surface area contributed by atoms with Crippen LogP contribution in [0.1, 0.15) is 17.3 Å². The Morgan fingerprint density at radius 1 is 1.35 bits per heavy atom. The topological polar surface area (TPSA) is 20.3 Å². The molecule has 1 aromatic carbocycles. The molecule has 1 atom stereocenters. The first kappa shape index (κ1) is 13.8. The van der Waals surface area contributed by atoms with Crippen LogP contribution in [0.5, 0.6) is 0 Å². The zero-order chi connectivity index (χ0) is 13.2. The summed E-state index contributed by atoms with van der Waals surface area (Å²) in [5.41, 5.74) is -0.772. The molecule has 1 unspecified atom stereocenters. The van der Waals surface area contributed by atoms with E-state index in [9.17, 15) is 18.0 Å². The smallest absolute Gasteiger partial charge is 0.259 e. The van der Waals surface area contributed by atoms with Crippen molar-refractivity contribution in [3.8, 4) is 0 Å². The number of rotatable bonds is 3. The summed E-state index contributed by atoms with van der Waals surface area (Å²) in [7, 11) is 1.36. The molecule has 1 rings (SSSR count). The predicted molar refractivity (Wildman–Crippen MR) is 58.6 cm³/mol. The van der Waals surface area contributed by atoms with Crippen molar-refractivity contribution in [1.29, 1.82) is 0 Å². The monoisotopic (exact) mass is 265 g/mol. The van der Waals surface area contributed by atoms with Gasteiger partial charge in [-0.15, -0.1) is 11.6 Å². The minimum atomic E-state index is -1.22. The predicted octanol–water partition coefficient (Wildman–Crippen LogP) is 2.80. The van der Waals surface area contributed by atoms with Crippen LogP contribution in [0.3, 0.4) is 0 Å². The molecule has 0 spiro atoms. The Kier molecular flexibility index (Phi) is 4.40. The van der Waals surface area contributed by atoms with Crippen molar-refractivity contribution in [3.63, 3.8) is 0 Å². The average Bonchev–Trinajstić information content (AvgIpc) is 2.14. The summed E-state index contributed by atoms with van der Waals surface area (Å²) in [6, 6.07) is 0.933. The van der Waals surface area contributed by atoms with Crippen molar-refractivity contribution >= 4 is 17.5 Å². The number of hydrogen-bond acceptors (Lipinski definition) is 1. The SMILES string of the molecule is CC(Cl)CN(C)C(=O)c1c(F)cc(F)cc1F. The molecule has 0 heterocycles. The molecule has 17 heavy (non-hydrogen) atoms. The van der Waals surface area contributed by atoms with E-state index in [0.717, 1.165) is 4.90 Å². The largest absolute Gasteiger partial charge is 0.340 e. The number of benzene rings is 1. The Morgan fingerprint density at radius 2 is 1.82 bits per heavy atom. The van der Waals surface area contributed by atoms with E-state index < -0.39 is 28.9 Å². The molecule has 0 bridgehead atoms. The lowest BCUT2D eigenvalue weighted by molar-refractivity contribution is 0.0786. The lowest BCUT2D eigenvalue weighted by Crippen LogP contribution is -2.32. The normalized spacial score (nSPS) is 12.4. The van der Waals surface area contributed by atoms with Crippen LogP contribution in [0.4, 0.5) is 13.2 Å². The third-order valence-corrected chi connectivity index (χ3v) is 2.23. The van der Waals surface area contributed by atoms with Crippen molar-refractivity contribution in [2.24, 2.45) is 0 Å². The van der Waals surface area contributed by atoms with Gasteiger partial charge in [0.2, 0.25) is 0 Å². The van der Waals surface area contributed by atoms with Crippen molar-refractivity contribution in [1.82, 2.24) is 4.90 Å². The van der Waals surface area contributed by atoms with Gasteiger partial charge in [0.1, 0.15) is 23.0 Å². The molecule has 0 saturated carbocycles. The highest BCUT2D eigenvalue weighted by Gasteiger charge is 2.22. The minimum absolute atomic E-state index is 0.136. The Labute approximate surface area is 102 Å². The van der Waals surface area contributed by atoms with Gasteiger partial charge in [-0.25, -0.2) is 13.2 Å². The fourth-order valence-electron chi connectivity index (χ4n) is 1.40. The number of hydrogen-bond donors (Lipinski definition) is 0. The quantitative estimate of drug-likeness (QED) is 0.770. The van der Waals surface area contributed by atoms with Crippen LogP contribution in [-0.2, 0) is 0 Å². The number of halogens is 4. The van der Waals surface area contributed by atoms with Gasteiger partial charge in [0.05, 0.1) is 0 Å². The summed E-state index contributed by atoms with van der Waals surface area (Å²) < 4.78 is 39.3. The Balaban J connectivity index is 3.04. The molecule has 1 aromatic rings. The highest BCUT2D eigenvalue weighted by Crippen LogP contribution is 2.16. The van der Waals surface area contributed by atoms with Gasteiger partial charge >= 0.3 is 0 Å². The zero-order valence-electron chi connectivity index (χ0n) is 9.31. The van der Waals surface area contributed by atoms with Crippen LogP contribution in [0.15, 0.2) is 12.1 Å². The van der Waals surface area contributed by atoms with E-state index in [0.29, 0.717) is 12.1 Å². The standard InChI is InChI=1S/C11H11ClF3NO/c1-6(12)5-16(2)11(17)10-8(14)3-7(13)4-9(10)15/h3-4,6H,5H2,1-2H3. The van der Waals surface area contributed by atoms with E-state index in [4.69, 9.17) is 11.6 Å². The molecular weight excluding hydrogens is 255 g/mol. The van der Waals surface area contributed by atoms with E-state index >= 15 is 0 Å².